The number of nitrogens with zero attached hydrogens (tertiary/aromatic N) is 1. The molecule has 3 N–H and O–H groups in total. The maximum absolute atomic E-state index is 12.6. The van der Waals surface area contributed by atoms with Gasteiger partial charge < -0.3 is 20.3 Å². The van der Waals surface area contributed by atoms with E-state index in [1.165, 1.54) is 31.3 Å². The van der Waals surface area contributed by atoms with Gasteiger partial charge in [-0.05, 0) is 31.5 Å². The molecule has 0 spiro atoms. The predicted molar refractivity (Wildman–Crippen MR) is 125 cm³/mol. The number of carboxylic acid groups (broad SMARTS) is 2. The molecule has 1 aromatic heterocycles. The molecule has 2 heterocycles. The largest absolute Gasteiger partial charge is 0.473 e. The summed E-state index contributed by atoms with van der Waals surface area (Å²) in [6.45, 7) is 2.17. The minimum absolute atomic E-state index is 0.139. The molecule has 9 nitrogen and oxygen atoms in total. The van der Waals surface area contributed by atoms with Gasteiger partial charge in [-0.1, -0.05) is 54.8 Å². The van der Waals surface area contributed by atoms with E-state index >= 15 is 0 Å². The SMILES string of the molecule is COC(=O)c1c(NC(=O)CN2CCCCCC2)sc(Cl)c1-c1ccccc1.O=C(O)C(=O)O. The van der Waals surface area contributed by atoms with Crippen LogP contribution in [0.2, 0.25) is 4.34 Å². The zero-order chi connectivity index (χ0) is 24.4. The van der Waals surface area contributed by atoms with Crippen LogP contribution in [0.3, 0.4) is 0 Å². The number of ether oxygens (including phenoxy) is 1. The van der Waals surface area contributed by atoms with Gasteiger partial charge in [0.2, 0.25) is 5.91 Å². The first-order chi connectivity index (χ1) is 15.7. The highest BCUT2D eigenvalue weighted by atomic mass is 35.5. The van der Waals surface area contributed by atoms with Gasteiger partial charge in [0, 0.05) is 5.56 Å². The van der Waals surface area contributed by atoms with Gasteiger partial charge in [0.25, 0.3) is 0 Å². The van der Waals surface area contributed by atoms with Crippen molar-refractivity contribution in [2.45, 2.75) is 25.7 Å². The number of nitrogens with one attached hydrogen (secondary N) is 1. The Morgan fingerprint density at radius 1 is 1.03 bits per heavy atom. The van der Waals surface area contributed by atoms with Crippen molar-refractivity contribution in [1.29, 1.82) is 0 Å². The second-order valence-electron chi connectivity index (χ2n) is 7.16. The standard InChI is InChI=1S/C20H23ClN2O3S.C2H2O4/c1-26-20(25)17-16(14-9-5-4-6-10-14)18(21)27-19(17)22-15(24)13-23-11-7-2-3-8-12-23;3-1(4)2(5)6/h4-6,9-10H,2-3,7-8,11-13H2,1H3,(H,22,24);(H,3,4)(H,5,6). The fourth-order valence-corrected chi connectivity index (χ4v) is 4.70. The molecule has 1 amide bonds. The average molecular weight is 497 g/mol. The van der Waals surface area contributed by atoms with Crippen LogP contribution in [0.1, 0.15) is 36.0 Å². The van der Waals surface area contributed by atoms with Crippen LogP contribution in [0.5, 0.6) is 0 Å². The first-order valence-electron chi connectivity index (χ1n) is 10.2. The lowest BCUT2D eigenvalue weighted by Gasteiger charge is -2.18. The lowest BCUT2D eigenvalue weighted by molar-refractivity contribution is -0.159. The third kappa shape index (κ3) is 7.85. The molecule has 0 bridgehead atoms. The van der Waals surface area contributed by atoms with E-state index in [-0.39, 0.29) is 5.91 Å². The fourth-order valence-electron chi connectivity index (χ4n) is 3.31. The number of benzene rings is 1. The molecule has 0 unspecified atom stereocenters. The van der Waals surface area contributed by atoms with Crippen LogP contribution in [0.15, 0.2) is 30.3 Å². The number of anilines is 1. The molecule has 0 saturated carbocycles. The molecule has 1 aliphatic heterocycles. The summed E-state index contributed by atoms with van der Waals surface area (Å²) in [5, 5.41) is 18.1. The van der Waals surface area contributed by atoms with E-state index in [1.54, 1.807) is 0 Å². The summed E-state index contributed by atoms with van der Waals surface area (Å²) in [5.41, 5.74) is 1.72. The number of methoxy groups -OCH3 is 1. The minimum atomic E-state index is -1.82. The van der Waals surface area contributed by atoms with Crippen LogP contribution < -0.4 is 5.32 Å². The number of rotatable bonds is 5. The number of thiophene rings is 1. The molecule has 11 heteroatoms. The molecule has 33 heavy (non-hydrogen) atoms. The zero-order valence-electron chi connectivity index (χ0n) is 18.0. The molecule has 0 aliphatic carbocycles. The van der Waals surface area contributed by atoms with Gasteiger partial charge in [-0.25, -0.2) is 14.4 Å². The molecule has 1 fully saturated rings. The first-order valence-corrected chi connectivity index (χ1v) is 11.4. The molecule has 2 aromatic rings. The van der Waals surface area contributed by atoms with E-state index in [2.05, 4.69) is 10.2 Å². The van der Waals surface area contributed by atoms with E-state index in [1.807, 2.05) is 30.3 Å². The van der Waals surface area contributed by atoms with Gasteiger partial charge in [-0.15, -0.1) is 11.3 Å². The Kier molecular flexibility index (Phi) is 10.3. The van der Waals surface area contributed by atoms with Crippen LogP contribution in [0, 0.1) is 0 Å². The number of likely N-dealkylation sites (tertiary alicyclic amines) is 1. The Hall–Kier alpha value is -2.95. The van der Waals surface area contributed by atoms with Crippen LogP contribution in [-0.4, -0.2) is 65.7 Å². The summed E-state index contributed by atoms with van der Waals surface area (Å²) in [5.74, 6) is -4.30. The van der Waals surface area contributed by atoms with Crippen LogP contribution in [0.25, 0.3) is 11.1 Å². The maximum atomic E-state index is 12.6. The Morgan fingerprint density at radius 3 is 2.12 bits per heavy atom. The first kappa shape index (κ1) is 26.3. The number of carbonyl (C=O) groups excluding carboxylic acids is 2. The third-order valence-corrected chi connectivity index (χ3v) is 6.13. The molecule has 1 aliphatic rings. The van der Waals surface area contributed by atoms with E-state index in [4.69, 9.17) is 36.1 Å². The number of hydrogen-bond acceptors (Lipinski definition) is 7. The minimum Gasteiger partial charge on any atom is -0.473 e. The van der Waals surface area contributed by atoms with Gasteiger partial charge in [0.1, 0.15) is 14.9 Å². The van der Waals surface area contributed by atoms with Gasteiger partial charge in [-0.3, -0.25) is 9.69 Å². The van der Waals surface area contributed by atoms with Gasteiger partial charge >= 0.3 is 17.9 Å². The number of halogens is 1. The van der Waals surface area contributed by atoms with E-state index in [0.717, 1.165) is 31.5 Å². The lowest BCUT2D eigenvalue weighted by Crippen LogP contribution is -2.34. The van der Waals surface area contributed by atoms with Crippen molar-refractivity contribution in [3.05, 3.63) is 40.2 Å². The summed E-state index contributed by atoms with van der Waals surface area (Å²) in [4.78, 5) is 45.4. The molecular formula is C22H25ClN2O7S. The smallest absolute Gasteiger partial charge is 0.414 e. The second kappa shape index (κ2) is 12.9. The average Bonchev–Trinajstić information content (AvgIpc) is 2.93. The summed E-state index contributed by atoms with van der Waals surface area (Å²) in [6, 6.07) is 9.40. The van der Waals surface area contributed by atoms with Crippen molar-refractivity contribution in [2.75, 3.05) is 32.1 Å². The molecule has 178 valence electrons. The Labute approximate surface area is 199 Å². The monoisotopic (exact) mass is 496 g/mol. The Bertz CT molecular complexity index is 974. The summed E-state index contributed by atoms with van der Waals surface area (Å²) in [6.07, 6.45) is 4.66. The molecule has 0 radical (unpaired) electrons. The van der Waals surface area contributed by atoms with Crippen molar-refractivity contribution in [1.82, 2.24) is 4.90 Å². The van der Waals surface area contributed by atoms with Crippen molar-refractivity contribution in [3.63, 3.8) is 0 Å². The number of amides is 1. The fraction of sp³-hybridized carbons (Fsp3) is 0.364. The van der Waals surface area contributed by atoms with E-state index < -0.39 is 17.9 Å². The topological polar surface area (TPSA) is 133 Å². The number of carboxylic acids is 2. The van der Waals surface area contributed by atoms with Crippen molar-refractivity contribution in [3.8, 4) is 11.1 Å². The third-order valence-electron chi connectivity index (χ3n) is 4.82. The normalized spacial score (nSPS) is 13.8. The highest BCUT2D eigenvalue weighted by Crippen LogP contribution is 2.43. The highest BCUT2D eigenvalue weighted by Gasteiger charge is 2.26. The molecule has 1 saturated heterocycles. The van der Waals surface area contributed by atoms with E-state index in [0.29, 0.717) is 27.0 Å². The van der Waals surface area contributed by atoms with Crippen LogP contribution >= 0.6 is 22.9 Å². The summed E-state index contributed by atoms with van der Waals surface area (Å²) in [7, 11) is 1.32. The number of hydrogen-bond donors (Lipinski definition) is 3. The predicted octanol–water partition coefficient (Wildman–Crippen LogP) is 3.83. The quantitative estimate of drug-likeness (QED) is 0.420. The summed E-state index contributed by atoms with van der Waals surface area (Å²) >= 11 is 7.62. The maximum Gasteiger partial charge on any atom is 0.414 e. The van der Waals surface area contributed by atoms with Gasteiger partial charge in [0.05, 0.1) is 13.7 Å². The number of carbonyl (C=O) groups is 4. The second-order valence-corrected chi connectivity index (χ2v) is 8.78. The Balaban J connectivity index is 0.000000569. The number of esters is 1. The van der Waals surface area contributed by atoms with E-state index in [9.17, 15) is 9.59 Å². The van der Waals surface area contributed by atoms with Crippen molar-refractivity contribution >= 4 is 51.8 Å². The van der Waals surface area contributed by atoms with Crippen molar-refractivity contribution < 1.29 is 34.1 Å². The number of aliphatic carboxylic acids is 2. The van der Waals surface area contributed by atoms with Gasteiger partial charge in [0.15, 0.2) is 0 Å². The van der Waals surface area contributed by atoms with Crippen molar-refractivity contribution in [2.24, 2.45) is 0 Å². The van der Waals surface area contributed by atoms with Crippen LogP contribution in [0.4, 0.5) is 5.00 Å². The van der Waals surface area contributed by atoms with Crippen LogP contribution in [-0.2, 0) is 19.1 Å². The Morgan fingerprint density at radius 2 is 1.61 bits per heavy atom. The molecule has 0 atom stereocenters. The highest BCUT2D eigenvalue weighted by molar-refractivity contribution is 7.21. The molecular weight excluding hydrogens is 472 g/mol. The van der Waals surface area contributed by atoms with Gasteiger partial charge in [-0.2, -0.15) is 0 Å². The molecule has 3 rings (SSSR count). The summed E-state index contributed by atoms with van der Waals surface area (Å²) < 4.78 is 5.40. The zero-order valence-corrected chi connectivity index (χ0v) is 19.6. The molecule has 1 aromatic carbocycles. The lowest BCUT2D eigenvalue weighted by atomic mass is 10.0.